The number of carbonyl (C=O) groups excluding carboxylic acids is 1. The molecule has 0 aliphatic carbocycles. The van der Waals surface area contributed by atoms with E-state index in [4.69, 9.17) is 21.4 Å². The summed E-state index contributed by atoms with van der Waals surface area (Å²) >= 11 is 5.86. The largest absolute Gasteiger partial charge is 0.358 e. The molecule has 1 amide bonds. The van der Waals surface area contributed by atoms with Crippen molar-refractivity contribution in [2.24, 2.45) is 0 Å². The maximum Gasteiger partial charge on any atom is 0.271 e. The Balaban J connectivity index is 2.29. The van der Waals surface area contributed by atoms with E-state index < -0.39 is 5.41 Å². The average molecular weight is 266 g/mol. The van der Waals surface area contributed by atoms with E-state index >= 15 is 0 Å². The number of anilines is 1. The fourth-order valence-corrected chi connectivity index (χ4v) is 1.77. The zero-order chi connectivity index (χ0) is 13.5. The van der Waals surface area contributed by atoms with Crippen molar-refractivity contribution in [1.82, 2.24) is 5.16 Å². The average Bonchev–Trinajstić information content (AvgIpc) is 2.91. The lowest BCUT2D eigenvalue weighted by molar-refractivity contribution is -0.114. The molecule has 0 saturated heterocycles. The molecule has 0 atom stereocenters. The smallest absolute Gasteiger partial charge is 0.271 e. The molecule has 0 unspecified atom stereocenters. The van der Waals surface area contributed by atoms with Gasteiger partial charge in [0.15, 0.2) is 11.6 Å². The van der Waals surface area contributed by atoms with Gasteiger partial charge in [0.05, 0.1) is 12.6 Å². The van der Waals surface area contributed by atoms with Crippen LogP contribution in [0.2, 0.25) is 0 Å². The summed E-state index contributed by atoms with van der Waals surface area (Å²) < 4.78 is 5.12. The second kappa shape index (κ2) is 4.14. The summed E-state index contributed by atoms with van der Waals surface area (Å²) in [6, 6.07) is 3.72. The first kappa shape index (κ1) is 12.7. The zero-order valence-electron chi connectivity index (χ0n) is 10.3. The Bertz CT molecular complexity index is 580. The fraction of sp³-hybridized carbons (Fsp3) is 0.417. The SMILES string of the molecule is CC1=C(Cl)C(=O)N(c2cc(C(C)(C)C#N)on2)C1. The number of halogens is 1. The number of amides is 1. The van der Waals surface area contributed by atoms with Gasteiger partial charge in [-0.2, -0.15) is 5.26 Å². The summed E-state index contributed by atoms with van der Waals surface area (Å²) in [6.07, 6.45) is 0. The zero-order valence-corrected chi connectivity index (χ0v) is 11.1. The van der Waals surface area contributed by atoms with Crippen molar-refractivity contribution in [2.75, 3.05) is 11.4 Å². The maximum absolute atomic E-state index is 11.8. The van der Waals surface area contributed by atoms with Crippen molar-refractivity contribution in [1.29, 1.82) is 5.26 Å². The van der Waals surface area contributed by atoms with Crippen LogP contribution in [-0.4, -0.2) is 17.6 Å². The van der Waals surface area contributed by atoms with E-state index in [0.29, 0.717) is 18.1 Å². The van der Waals surface area contributed by atoms with Crippen LogP contribution < -0.4 is 4.90 Å². The van der Waals surface area contributed by atoms with Crippen LogP contribution in [0, 0.1) is 11.3 Å². The highest BCUT2D eigenvalue weighted by Gasteiger charge is 2.32. The molecule has 18 heavy (non-hydrogen) atoms. The summed E-state index contributed by atoms with van der Waals surface area (Å²) in [5.74, 6) is 0.519. The highest BCUT2D eigenvalue weighted by molar-refractivity contribution is 6.45. The molecular weight excluding hydrogens is 254 g/mol. The van der Waals surface area contributed by atoms with Crippen molar-refractivity contribution in [3.05, 3.63) is 22.4 Å². The molecule has 5 nitrogen and oxygen atoms in total. The van der Waals surface area contributed by atoms with Gasteiger partial charge in [0.2, 0.25) is 0 Å². The van der Waals surface area contributed by atoms with Gasteiger partial charge in [-0.25, -0.2) is 0 Å². The van der Waals surface area contributed by atoms with Crippen LogP contribution in [0.25, 0.3) is 0 Å². The minimum atomic E-state index is -0.777. The van der Waals surface area contributed by atoms with Crippen molar-refractivity contribution in [2.45, 2.75) is 26.2 Å². The Hall–Kier alpha value is -1.80. The number of hydrogen-bond acceptors (Lipinski definition) is 4. The molecule has 1 aromatic heterocycles. The van der Waals surface area contributed by atoms with Gasteiger partial charge in [0, 0.05) is 6.07 Å². The van der Waals surface area contributed by atoms with Crippen molar-refractivity contribution >= 4 is 23.3 Å². The first-order valence-electron chi connectivity index (χ1n) is 5.42. The molecule has 0 spiro atoms. The molecule has 2 rings (SSSR count). The number of aromatic nitrogens is 1. The van der Waals surface area contributed by atoms with Gasteiger partial charge in [-0.05, 0) is 26.3 Å². The Morgan fingerprint density at radius 2 is 2.28 bits per heavy atom. The van der Waals surface area contributed by atoms with Crippen molar-refractivity contribution < 1.29 is 9.32 Å². The Morgan fingerprint density at radius 1 is 1.61 bits per heavy atom. The summed E-state index contributed by atoms with van der Waals surface area (Å²) in [6.45, 7) is 5.64. The van der Waals surface area contributed by atoms with Crippen LogP contribution in [0.15, 0.2) is 21.2 Å². The van der Waals surface area contributed by atoms with Crippen molar-refractivity contribution in [3.8, 4) is 6.07 Å². The second-order valence-corrected chi connectivity index (χ2v) is 5.15. The molecule has 1 aromatic rings. The van der Waals surface area contributed by atoms with E-state index in [9.17, 15) is 4.79 Å². The number of hydrogen-bond donors (Lipinski definition) is 0. The summed E-state index contributed by atoms with van der Waals surface area (Å²) in [5.41, 5.74) is 0.0195. The van der Waals surface area contributed by atoms with E-state index in [-0.39, 0.29) is 10.9 Å². The van der Waals surface area contributed by atoms with E-state index in [1.807, 2.05) is 0 Å². The third kappa shape index (κ3) is 1.89. The highest BCUT2D eigenvalue weighted by Crippen LogP contribution is 2.30. The van der Waals surface area contributed by atoms with Gasteiger partial charge in [0.25, 0.3) is 5.91 Å². The number of nitrogens with zero attached hydrogens (tertiary/aromatic N) is 3. The van der Waals surface area contributed by atoms with E-state index in [0.717, 1.165) is 5.57 Å². The van der Waals surface area contributed by atoms with Crippen LogP contribution in [0.4, 0.5) is 5.82 Å². The quantitative estimate of drug-likeness (QED) is 0.823. The summed E-state index contributed by atoms with van der Waals surface area (Å²) in [5, 5.41) is 13.1. The lowest BCUT2D eigenvalue weighted by Gasteiger charge is -2.11. The van der Waals surface area contributed by atoms with Crippen LogP contribution in [-0.2, 0) is 10.2 Å². The Kier molecular flexibility index (Phi) is 2.91. The first-order valence-corrected chi connectivity index (χ1v) is 5.80. The molecule has 0 fully saturated rings. The van der Waals surface area contributed by atoms with Gasteiger partial charge in [0.1, 0.15) is 10.4 Å². The van der Waals surface area contributed by atoms with Gasteiger partial charge >= 0.3 is 0 Å². The van der Waals surface area contributed by atoms with Crippen LogP contribution in [0.3, 0.4) is 0 Å². The molecule has 0 aromatic carbocycles. The Morgan fingerprint density at radius 3 is 2.78 bits per heavy atom. The molecule has 0 saturated carbocycles. The van der Waals surface area contributed by atoms with Crippen molar-refractivity contribution in [3.63, 3.8) is 0 Å². The predicted octanol–water partition coefficient (Wildman–Crippen LogP) is 2.34. The molecule has 0 radical (unpaired) electrons. The van der Waals surface area contributed by atoms with Crippen LogP contribution >= 0.6 is 11.6 Å². The van der Waals surface area contributed by atoms with Gasteiger partial charge in [-0.1, -0.05) is 16.8 Å². The molecule has 2 heterocycles. The maximum atomic E-state index is 11.8. The van der Waals surface area contributed by atoms with Gasteiger partial charge in [-0.15, -0.1) is 0 Å². The second-order valence-electron chi connectivity index (χ2n) is 4.77. The fourth-order valence-electron chi connectivity index (χ4n) is 1.61. The molecule has 1 aliphatic rings. The molecule has 0 bridgehead atoms. The normalized spacial score (nSPS) is 16.4. The highest BCUT2D eigenvalue weighted by atomic mass is 35.5. The van der Waals surface area contributed by atoms with Crippen LogP contribution in [0.5, 0.6) is 0 Å². The number of nitriles is 1. The van der Waals surface area contributed by atoms with Gasteiger partial charge < -0.3 is 4.52 Å². The third-order valence-electron chi connectivity index (χ3n) is 2.87. The molecule has 1 aliphatic heterocycles. The molecule has 94 valence electrons. The molecule has 6 heteroatoms. The minimum Gasteiger partial charge on any atom is -0.358 e. The van der Waals surface area contributed by atoms with Gasteiger partial charge in [-0.3, -0.25) is 9.69 Å². The minimum absolute atomic E-state index is 0.221. The lowest BCUT2D eigenvalue weighted by atomic mass is 9.92. The predicted molar refractivity (Wildman–Crippen MR) is 66.0 cm³/mol. The summed E-state index contributed by atoms with van der Waals surface area (Å²) in [4.78, 5) is 13.3. The number of carbonyl (C=O) groups is 1. The Labute approximate surface area is 110 Å². The van der Waals surface area contributed by atoms with E-state index in [2.05, 4.69) is 11.2 Å². The topological polar surface area (TPSA) is 70.1 Å². The van der Waals surface area contributed by atoms with Crippen LogP contribution in [0.1, 0.15) is 26.5 Å². The standard InChI is InChI=1S/C12H12ClN3O2/c1-7-5-16(11(17)10(7)13)9-4-8(18-15-9)12(2,3)6-14/h4H,5H2,1-3H3. The first-order chi connectivity index (χ1) is 8.36. The van der Waals surface area contributed by atoms with E-state index in [1.165, 1.54) is 4.90 Å². The van der Waals surface area contributed by atoms with E-state index in [1.54, 1.807) is 26.8 Å². The number of rotatable bonds is 2. The lowest BCUT2D eigenvalue weighted by Crippen LogP contribution is -2.26. The molecular formula is C12H12ClN3O2. The third-order valence-corrected chi connectivity index (χ3v) is 3.36. The molecule has 0 N–H and O–H groups in total. The summed E-state index contributed by atoms with van der Waals surface area (Å²) in [7, 11) is 0. The monoisotopic (exact) mass is 265 g/mol.